The minimum absolute atomic E-state index is 0.479. The lowest BCUT2D eigenvalue weighted by Crippen LogP contribution is -2.11. The van der Waals surface area contributed by atoms with Gasteiger partial charge in [0.15, 0.2) is 0 Å². The Balaban J connectivity index is 2.53. The molecule has 18 heavy (non-hydrogen) atoms. The van der Waals surface area contributed by atoms with Crippen LogP contribution in [0.3, 0.4) is 0 Å². The smallest absolute Gasteiger partial charge is 0.311 e. The molecule has 0 aliphatic carbocycles. The Morgan fingerprint density at radius 3 is 2.67 bits per heavy atom. The van der Waals surface area contributed by atoms with Crippen molar-refractivity contribution in [2.24, 2.45) is 0 Å². The predicted molar refractivity (Wildman–Crippen MR) is 73.8 cm³/mol. The van der Waals surface area contributed by atoms with Crippen molar-refractivity contribution in [2.75, 3.05) is 0 Å². The molecule has 0 spiro atoms. The van der Waals surface area contributed by atoms with Crippen molar-refractivity contribution in [3.05, 3.63) is 60.2 Å². The van der Waals surface area contributed by atoms with Gasteiger partial charge in [-0.05, 0) is 29.7 Å². The Kier molecular flexibility index (Phi) is 3.78. The summed E-state index contributed by atoms with van der Waals surface area (Å²) in [5, 5.41) is 11.5. The number of hydrogen-bond acceptors (Lipinski definition) is 1. The molecule has 0 bridgehead atoms. The number of allylic oxidation sites excluding steroid dienone is 2. The molecule has 0 fully saturated rings. The van der Waals surface area contributed by atoms with Crippen LogP contribution in [0.25, 0.3) is 10.8 Å². The lowest BCUT2D eigenvalue weighted by molar-refractivity contribution is -0.138. The van der Waals surface area contributed by atoms with E-state index in [1.165, 1.54) is 0 Å². The third kappa shape index (κ3) is 2.43. The summed E-state index contributed by atoms with van der Waals surface area (Å²) < 4.78 is 0. The van der Waals surface area contributed by atoms with E-state index >= 15 is 0 Å². The summed E-state index contributed by atoms with van der Waals surface area (Å²) in [4.78, 5) is 11.4. The van der Waals surface area contributed by atoms with Crippen LogP contribution < -0.4 is 0 Å². The molecule has 2 aromatic carbocycles. The van der Waals surface area contributed by atoms with Crippen molar-refractivity contribution in [3.63, 3.8) is 0 Å². The second kappa shape index (κ2) is 5.50. The number of benzene rings is 2. The molecule has 92 valence electrons. The fourth-order valence-corrected chi connectivity index (χ4v) is 2.19. The van der Waals surface area contributed by atoms with Crippen LogP contribution in [0.15, 0.2) is 54.6 Å². The summed E-state index contributed by atoms with van der Waals surface area (Å²) in [6, 6.07) is 13.7. The van der Waals surface area contributed by atoms with Crippen molar-refractivity contribution < 1.29 is 9.90 Å². The van der Waals surface area contributed by atoms with Crippen molar-refractivity contribution >= 4 is 16.7 Å². The Bertz CT molecular complexity index is 579. The first kappa shape index (κ1) is 12.4. The van der Waals surface area contributed by atoms with Crippen LogP contribution in [0.1, 0.15) is 24.8 Å². The minimum atomic E-state index is -0.774. The second-order valence-electron chi connectivity index (χ2n) is 4.26. The Morgan fingerprint density at radius 2 is 1.94 bits per heavy atom. The van der Waals surface area contributed by atoms with Crippen molar-refractivity contribution in [1.82, 2.24) is 0 Å². The maximum Gasteiger partial charge on any atom is 0.311 e. The summed E-state index contributed by atoms with van der Waals surface area (Å²) in [6.07, 6.45) is 4.32. The Hall–Kier alpha value is -2.09. The third-order valence-corrected chi connectivity index (χ3v) is 3.10. The zero-order chi connectivity index (χ0) is 13.0. The molecule has 0 aliphatic rings. The molecule has 2 nitrogen and oxygen atoms in total. The van der Waals surface area contributed by atoms with E-state index in [2.05, 4.69) is 0 Å². The lowest BCUT2D eigenvalue weighted by Gasteiger charge is -2.13. The summed E-state index contributed by atoms with van der Waals surface area (Å²) in [5.41, 5.74) is 0.888. The van der Waals surface area contributed by atoms with Crippen LogP contribution in [-0.2, 0) is 4.79 Å². The molecular formula is C16H16O2. The number of carboxylic acids is 1. The quantitative estimate of drug-likeness (QED) is 0.821. The molecule has 0 amide bonds. The highest BCUT2D eigenvalue weighted by molar-refractivity contribution is 5.90. The van der Waals surface area contributed by atoms with Gasteiger partial charge >= 0.3 is 5.97 Å². The van der Waals surface area contributed by atoms with Gasteiger partial charge in [-0.15, -0.1) is 0 Å². The predicted octanol–water partition coefficient (Wildman–Crippen LogP) is 3.97. The van der Waals surface area contributed by atoms with E-state index in [4.69, 9.17) is 0 Å². The van der Waals surface area contributed by atoms with E-state index in [9.17, 15) is 9.90 Å². The molecule has 0 saturated heterocycles. The largest absolute Gasteiger partial charge is 0.481 e. The first-order chi connectivity index (χ1) is 8.74. The number of hydrogen-bond donors (Lipinski definition) is 1. The molecule has 1 unspecified atom stereocenters. The van der Waals surface area contributed by atoms with E-state index in [1.54, 1.807) is 0 Å². The molecule has 0 radical (unpaired) electrons. The van der Waals surface area contributed by atoms with Crippen molar-refractivity contribution in [1.29, 1.82) is 0 Å². The van der Waals surface area contributed by atoms with Gasteiger partial charge in [0.05, 0.1) is 5.92 Å². The normalized spacial score (nSPS) is 12.9. The zero-order valence-electron chi connectivity index (χ0n) is 10.3. The molecule has 1 N–H and O–H groups in total. The van der Waals surface area contributed by atoms with Crippen LogP contribution in [0.2, 0.25) is 0 Å². The van der Waals surface area contributed by atoms with Crippen LogP contribution in [-0.4, -0.2) is 11.1 Å². The monoisotopic (exact) mass is 240 g/mol. The molecule has 2 rings (SSSR count). The molecule has 1 atom stereocenters. The third-order valence-electron chi connectivity index (χ3n) is 3.10. The van der Waals surface area contributed by atoms with Crippen molar-refractivity contribution in [2.45, 2.75) is 19.3 Å². The summed E-state index contributed by atoms with van der Waals surface area (Å²) >= 11 is 0. The lowest BCUT2D eigenvalue weighted by atomic mass is 9.91. The molecular weight excluding hydrogens is 224 g/mol. The van der Waals surface area contributed by atoms with Gasteiger partial charge in [0, 0.05) is 0 Å². The maximum absolute atomic E-state index is 11.4. The highest BCUT2D eigenvalue weighted by Gasteiger charge is 2.20. The van der Waals surface area contributed by atoms with E-state index in [1.807, 2.05) is 61.5 Å². The van der Waals surface area contributed by atoms with Crippen LogP contribution >= 0.6 is 0 Å². The fraction of sp³-hybridized carbons (Fsp3) is 0.188. The van der Waals surface area contributed by atoms with Gasteiger partial charge in [-0.2, -0.15) is 0 Å². The highest BCUT2D eigenvalue weighted by atomic mass is 16.4. The van der Waals surface area contributed by atoms with Crippen LogP contribution in [0.5, 0.6) is 0 Å². The molecule has 0 aliphatic heterocycles. The van der Waals surface area contributed by atoms with Gasteiger partial charge in [-0.25, -0.2) is 0 Å². The van der Waals surface area contributed by atoms with Gasteiger partial charge in [0.2, 0.25) is 0 Å². The molecule has 0 saturated carbocycles. The standard InChI is InChI=1S/C16H16O2/c1-2-3-9-15(16(17)18)14-11-6-8-12-7-4-5-10-13(12)14/h2-8,10-11,15H,9H2,1H3,(H,17,18). The van der Waals surface area contributed by atoms with E-state index in [0.29, 0.717) is 6.42 Å². The first-order valence-corrected chi connectivity index (χ1v) is 6.05. The zero-order valence-corrected chi connectivity index (χ0v) is 10.3. The number of fused-ring (bicyclic) bond motifs is 1. The molecule has 2 heteroatoms. The van der Waals surface area contributed by atoms with Gasteiger partial charge in [0.1, 0.15) is 0 Å². The van der Waals surface area contributed by atoms with Crippen molar-refractivity contribution in [3.8, 4) is 0 Å². The van der Waals surface area contributed by atoms with Crippen LogP contribution in [0, 0.1) is 0 Å². The molecule has 0 heterocycles. The summed E-state index contributed by atoms with van der Waals surface area (Å²) in [5.74, 6) is -1.25. The molecule has 0 aromatic heterocycles. The summed E-state index contributed by atoms with van der Waals surface area (Å²) in [7, 11) is 0. The van der Waals surface area contributed by atoms with E-state index in [0.717, 1.165) is 16.3 Å². The van der Waals surface area contributed by atoms with Crippen LogP contribution in [0.4, 0.5) is 0 Å². The topological polar surface area (TPSA) is 37.3 Å². The van der Waals surface area contributed by atoms with Gasteiger partial charge in [-0.1, -0.05) is 54.6 Å². The van der Waals surface area contributed by atoms with Gasteiger partial charge in [0.25, 0.3) is 0 Å². The average molecular weight is 240 g/mol. The minimum Gasteiger partial charge on any atom is -0.481 e. The number of carbonyl (C=O) groups is 1. The SMILES string of the molecule is CC=CCC(C(=O)O)c1cccc2ccccc12. The average Bonchev–Trinajstić information content (AvgIpc) is 2.39. The number of aliphatic carboxylic acids is 1. The highest BCUT2D eigenvalue weighted by Crippen LogP contribution is 2.28. The fourth-order valence-electron chi connectivity index (χ4n) is 2.19. The van der Waals surface area contributed by atoms with Gasteiger partial charge < -0.3 is 5.11 Å². The maximum atomic E-state index is 11.4. The first-order valence-electron chi connectivity index (χ1n) is 6.05. The van der Waals surface area contributed by atoms with E-state index in [-0.39, 0.29) is 0 Å². The number of rotatable bonds is 4. The Morgan fingerprint density at radius 1 is 1.22 bits per heavy atom. The van der Waals surface area contributed by atoms with Gasteiger partial charge in [-0.3, -0.25) is 4.79 Å². The summed E-state index contributed by atoms with van der Waals surface area (Å²) in [6.45, 7) is 1.90. The Labute approximate surface area is 107 Å². The van der Waals surface area contributed by atoms with E-state index < -0.39 is 11.9 Å². The number of carboxylic acid groups (broad SMARTS) is 1. The molecule has 2 aromatic rings. The second-order valence-corrected chi connectivity index (χ2v) is 4.26.